The lowest BCUT2D eigenvalue weighted by Gasteiger charge is -2.36. The molecule has 1 fully saturated rings. The number of nitrogens with zero attached hydrogens (tertiary/aromatic N) is 1. The molecule has 0 saturated carbocycles. The molecule has 0 aromatic heterocycles. The van der Waals surface area contributed by atoms with Crippen LogP contribution in [0.15, 0.2) is 30.3 Å². The number of benzene rings is 1. The third-order valence-electron chi connectivity index (χ3n) is 3.49. The zero-order chi connectivity index (χ0) is 12.1. The molecule has 0 aliphatic carbocycles. The topological polar surface area (TPSA) is 12.5 Å². The summed E-state index contributed by atoms with van der Waals surface area (Å²) in [5.74, 6) is 0. The van der Waals surface area contributed by atoms with E-state index >= 15 is 0 Å². The van der Waals surface area contributed by atoms with Crippen LogP contribution >= 0.6 is 0 Å². The lowest BCUT2D eigenvalue weighted by molar-refractivity contribution is -0.0494. The summed E-state index contributed by atoms with van der Waals surface area (Å²) in [6.07, 6.45) is 2.81. The summed E-state index contributed by atoms with van der Waals surface area (Å²) in [6, 6.07) is 11.3. The van der Waals surface area contributed by atoms with Crippen LogP contribution in [0.4, 0.5) is 0 Å². The van der Waals surface area contributed by atoms with E-state index in [4.69, 9.17) is 4.74 Å². The van der Waals surface area contributed by atoms with Gasteiger partial charge in [0.25, 0.3) is 0 Å². The van der Waals surface area contributed by atoms with Gasteiger partial charge in [-0.2, -0.15) is 0 Å². The Labute approximate surface area is 105 Å². The number of rotatable bonds is 4. The quantitative estimate of drug-likeness (QED) is 0.793. The summed E-state index contributed by atoms with van der Waals surface area (Å²) in [6.45, 7) is 7.57. The largest absolute Gasteiger partial charge is 0.376 e. The predicted molar refractivity (Wildman–Crippen MR) is 71.2 cm³/mol. The van der Waals surface area contributed by atoms with Crippen molar-refractivity contribution < 1.29 is 4.74 Å². The molecule has 17 heavy (non-hydrogen) atoms. The van der Waals surface area contributed by atoms with Crippen LogP contribution in [0.2, 0.25) is 0 Å². The Bertz CT molecular complexity index is 325. The van der Waals surface area contributed by atoms with E-state index in [9.17, 15) is 0 Å². The Balaban J connectivity index is 1.74. The normalized spacial score (nSPS) is 26.0. The van der Waals surface area contributed by atoms with Crippen LogP contribution in [-0.2, 0) is 11.2 Å². The summed E-state index contributed by atoms with van der Waals surface area (Å²) in [7, 11) is 0. The predicted octanol–water partition coefficient (Wildman–Crippen LogP) is 2.73. The summed E-state index contributed by atoms with van der Waals surface area (Å²) >= 11 is 0. The molecule has 2 nitrogen and oxygen atoms in total. The molecule has 1 aliphatic heterocycles. The van der Waals surface area contributed by atoms with Gasteiger partial charge in [0.1, 0.15) is 0 Å². The number of ether oxygens (including phenoxy) is 1. The zero-order valence-corrected chi connectivity index (χ0v) is 10.9. The SMILES string of the molecule is C[C@@H]1CN(CCCc2ccccc2)[C@@H](C)CO1. The molecule has 0 N–H and O–H groups in total. The van der Waals surface area contributed by atoms with Crippen LogP contribution < -0.4 is 0 Å². The second-order valence-corrected chi connectivity index (χ2v) is 5.08. The lowest BCUT2D eigenvalue weighted by atomic mass is 10.1. The second kappa shape index (κ2) is 6.18. The number of morpholine rings is 1. The first-order valence-electron chi connectivity index (χ1n) is 6.65. The van der Waals surface area contributed by atoms with Crippen LogP contribution in [0.1, 0.15) is 25.8 Å². The fourth-order valence-corrected chi connectivity index (χ4v) is 2.41. The molecular formula is C15H23NO. The molecule has 1 aromatic carbocycles. The van der Waals surface area contributed by atoms with Gasteiger partial charge in [0.15, 0.2) is 0 Å². The number of hydrogen-bond acceptors (Lipinski definition) is 2. The maximum absolute atomic E-state index is 5.64. The second-order valence-electron chi connectivity index (χ2n) is 5.08. The average molecular weight is 233 g/mol. The summed E-state index contributed by atoms with van der Waals surface area (Å²) in [5.41, 5.74) is 1.45. The van der Waals surface area contributed by atoms with Crippen molar-refractivity contribution in [1.29, 1.82) is 0 Å². The minimum absolute atomic E-state index is 0.392. The Morgan fingerprint density at radius 3 is 2.76 bits per heavy atom. The van der Waals surface area contributed by atoms with Crippen molar-refractivity contribution in [2.24, 2.45) is 0 Å². The van der Waals surface area contributed by atoms with Crippen molar-refractivity contribution >= 4 is 0 Å². The maximum Gasteiger partial charge on any atom is 0.0674 e. The van der Waals surface area contributed by atoms with Gasteiger partial charge in [0.05, 0.1) is 12.7 Å². The molecule has 1 aromatic rings. The molecule has 1 heterocycles. The van der Waals surface area contributed by atoms with E-state index in [-0.39, 0.29) is 0 Å². The standard InChI is InChI=1S/C15H23NO/c1-13-12-17-14(2)11-16(13)10-6-9-15-7-4-3-5-8-15/h3-5,7-8,13-14H,6,9-12H2,1-2H3/t13-,14+/m0/s1. The van der Waals surface area contributed by atoms with Crippen molar-refractivity contribution in [2.45, 2.75) is 38.8 Å². The third-order valence-corrected chi connectivity index (χ3v) is 3.49. The van der Waals surface area contributed by atoms with Gasteiger partial charge in [0, 0.05) is 12.6 Å². The fourth-order valence-electron chi connectivity index (χ4n) is 2.41. The maximum atomic E-state index is 5.64. The van der Waals surface area contributed by atoms with Gasteiger partial charge < -0.3 is 4.74 Å². The lowest BCUT2D eigenvalue weighted by Crippen LogP contribution is -2.47. The van der Waals surface area contributed by atoms with Crippen molar-refractivity contribution in [1.82, 2.24) is 4.90 Å². The van der Waals surface area contributed by atoms with Gasteiger partial charge in [-0.1, -0.05) is 30.3 Å². The van der Waals surface area contributed by atoms with Gasteiger partial charge in [-0.05, 0) is 38.8 Å². The third kappa shape index (κ3) is 3.83. The number of hydrogen-bond donors (Lipinski definition) is 0. The minimum atomic E-state index is 0.392. The summed E-state index contributed by atoms with van der Waals surface area (Å²) < 4.78 is 5.64. The highest BCUT2D eigenvalue weighted by atomic mass is 16.5. The Kier molecular flexibility index (Phi) is 4.57. The molecule has 0 amide bonds. The smallest absolute Gasteiger partial charge is 0.0674 e. The van der Waals surface area contributed by atoms with E-state index in [1.807, 2.05) is 0 Å². The molecule has 0 unspecified atom stereocenters. The highest BCUT2D eigenvalue weighted by molar-refractivity contribution is 5.14. The van der Waals surface area contributed by atoms with Gasteiger partial charge in [-0.3, -0.25) is 4.90 Å². The summed E-state index contributed by atoms with van der Waals surface area (Å²) in [4.78, 5) is 2.55. The van der Waals surface area contributed by atoms with Crippen LogP contribution in [0.3, 0.4) is 0 Å². The van der Waals surface area contributed by atoms with Gasteiger partial charge in [-0.25, -0.2) is 0 Å². The van der Waals surface area contributed by atoms with Crippen molar-refractivity contribution in [3.8, 4) is 0 Å². The number of aryl methyl sites for hydroxylation is 1. The highest BCUT2D eigenvalue weighted by Gasteiger charge is 2.22. The van der Waals surface area contributed by atoms with Gasteiger partial charge in [-0.15, -0.1) is 0 Å². The molecular weight excluding hydrogens is 210 g/mol. The highest BCUT2D eigenvalue weighted by Crippen LogP contribution is 2.12. The van der Waals surface area contributed by atoms with Gasteiger partial charge in [0.2, 0.25) is 0 Å². The van der Waals surface area contributed by atoms with E-state index in [2.05, 4.69) is 49.1 Å². The molecule has 1 aliphatic rings. The Hall–Kier alpha value is -0.860. The van der Waals surface area contributed by atoms with Crippen molar-refractivity contribution in [3.05, 3.63) is 35.9 Å². The van der Waals surface area contributed by atoms with Crippen LogP contribution in [0.5, 0.6) is 0 Å². The van der Waals surface area contributed by atoms with Crippen LogP contribution in [0, 0.1) is 0 Å². The van der Waals surface area contributed by atoms with E-state index in [1.165, 1.54) is 24.9 Å². The molecule has 94 valence electrons. The first kappa shape index (κ1) is 12.6. The van der Waals surface area contributed by atoms with Crippen molar-refractivity contribution in [2.75, 3.05) is 19.7 Å². The van der Waals surface area contributed by atoms with E-state index in [0.29, 0.717) is 12.1 Å². The molecule has 0 radical (unpaired) electrons. The molecule has 2 rings (SSSR count). The molecule has 0 bridgehead atoms. The van der Waals surface area contributed by atoms with Crippen molar-refractivity contribution in [3.63, 3.8) is 0 Å². The zero-order valence-electron chi connectivity index (χ0n) is 10.9. The van der Waals surface area contributed by atoms with Gasteiger partial charge >= 0.3 is 0 Å². The Morgan fingerprint density at radius 2 is 2.00 bits per heavy atom. The molecule has 1 saturated heterocycles. The first-order chi connectivity index (χ1) is 8.25. The molecule has 0 spiro atoms. The van der Waals surface area contributed by atoms with Crippen LogP contribution in [0.25, 0.3) is 0 Å². The monoisotopic (exact) mass is 233 g/mol. The van der Waals surface area contributed by atoms with E-state index < -0.39 is 0 Å². The molecule has 2 heteroatoms. The summed E-state index contributed by atoms with van der Waals surface area (Å²) in [5, 5.41) is 0. The first-order valence-corrected chi connectivity index (χ1v) is 6.65. The minimum Gasteiger partial charge on any atom is -0.376 e. The van der Waals surface area contributed by atoms with Crippen LogP contribution in [-0.4, -0.2) is 36.7 Å². The molecule has 2 atom stereocenters. The fraction of sp³-hybridized carbons (Fsp3) is 0.600. The van der Waals surface area contributed by atoms with E-state index in [0.717, 1.165) is 13.2 Å². The Morgan fingerprint density at radius 1 is 1.24 bits per heavy atom. The van der Waals surface area contributed by atoms with E-state index in [1.54, 1.807) is 0 Å². The average Bonchev–Trinajstić information content (AvgIpc) is 2.35.